The highest BCUT2D eigenvalue weighted by Crippen LogP contribution is 2.16. The van der Waals surface area contributed by atoms with E-state index in [4.69, 9.17) is 16.3 Å². The maximum Gasteiger partial charge on any atom is 0.258 e. The third kappa shape index (κ3) is 3.53. The van der Waals surface area contributed by atoms with Crippen molar-refractivity contribution in [3.8, 4) is 0 Å². The van der Waals surface area contributed by atoms with Crippen LogP contribution in [0.15, 0.2) is 42.7 Å². The Kier molecular flexibility index (Phi) is 4.49. The molecule has 0 atom stereocenters. The lowest BCUT2D eigenvalue weighted by molar-refractivity contribution is 0.102. The number of carbonyl (C=O) groups excluding carboxylic acids is 1. The Labute approximate surface area is 116 Å². The fraction of sp³-hybridized carbons (Fsp3) is 0.143. The summed E-state index contributed by atoms with van der Waals surface area (Å²) in [5, 5.41) is 3.14. The molecule has 0 bridgehead atoms. The molecule has 0 aliphatic carbocycles. The minimum atomic E-state index is -0.280. The number of hydrogen-bond donors (Lipinski definition) is 1. The van der Waals surface area contributed by atoms with Gasteiger partial charge in [0.25, 0.3) is 5.91 Å². The van der Waals surface area contributed by atoms with Gasteiger partial charge in [0.15, 0.2) is 0 Å². The molecule has 0 aliphatic rings. The van der Waals surface area contributed by atoms with Crippen LogP contribution >= 0.6 is 11.6 Å². The maximum atomic E-state index is 12.0. The standard InChI is InChI=1S/C14H13ClN2O2/c1-19-9-10-2-4-11(5-3-10)17-14(18)12-8-16-7-6-13(12)15/h2-8H,9H2,1H3,(H,17,18). The van der Waals surface area contributed by atoms with E-state index in [2.05, 4.69) is 10.3 Å². The summed E-state index contributed by atoms with van der Waals surface area (Å²) in [6, 6.07) is 9.00. The molecule has 1 aromatic carbocycles. The Morgan fingerprint density at radius 2 is 2.05 bits per heavy atom. The molecule has 0 unspecified atom stereocenters. The van der Waals surface area contributed by atoms with Crippen LogP contribution in [0.3, 0.4) is 0 Å². The molecule has 1 amide bonds. The lowest BCUT2D eigenvalue weighted by atomic mass is 10.2. The summed E-state index contributed by atoms with van der Waals surface area (Å²) >= 11 is 5.93. The van der Waals surface area contributed by atoms with Gasteiger partial charge in [-0.05, 0) is 23.8 Å². The lowest BCUT2D eigenvalue weighted by Crippen LogP contribution is -2.12. The highest BCUT2D eigenvalue weighted by atomic mass is 35.5. The molecule has 1 N–H and O–H groups in total. The number of pyridine rings is 1. The molecule has 19 heavy (non-hydrogen) atoms. The van der Waals surface area contributed by atoms with Gasteiger partial charge in [0.05, 0.1) is 17.2 Å². The van der Waals surface area contributed by atoms with Gasteiger partial charge in [-0.2, -0.15) is 0 Å². The number of anilines is 1. The van der Waals surface area contributed by atoms with Crippen molar-refractivity contribution in [1.29, 1.82) is 0 Å². The van der Waals surface area contributed by atoms with Crippen LogP contribution in [0.4, 0.5) is 5.69 Å². The molecule has 98 valence electrons. The largest absolute Gasteiger partial charge is 0.380 e. The number of ether oxygens (including phenoxy) is 1. The van der Waals surface area contributed by atoms with Crippen LogP contribution in [0.5, 0.6) is 0 Å². The highest BCUT2D eigenvalue weighted by Gasteiger charge is 2.10. The van der Waals surface area contributed by atoms with E-state index in [1.807, 2.05) is 24.3 Å². The van der Waals surface area contributed by atoms with Crippen LogP contribution < -0.4 is 5.32 Å². The molecule has 0 fully saturated rings. The monoisotopic (exact) mass is 276 g/mol. The summed E-state index contributed by atoms with van der Waals surface area (Å²) < 4.78 is 5.02. The van der Waals surface area contributed by atoms with Crippen molar-refractivity contribution in [3.63, 3.8) is 0 Å². The molecule has 0 saturated heterocycles. The van der Waals surface area contributed by atoms with Crippen molar-refractivity contribution in [3.05, 3.63) is 58.9 Å². The average Bonchev–Trinajstić information content (AvgIpc) is 2.42. The molecule has 0 spiro atoms. The van der Waals surface area contributed by atoms with Crippen molar-refractivity contribution >= 4 is 23.2 Å². The summed E-state index contributed by atoms with van der Waals surface area (Å²) in [5.74, 6) is -0.280. The summed E-state index contributed by atoms with van der Waals surface area (Å²) in [6.45, 7) is 0.544. The summed E-state index contributed by atoms with van der Waals surface area (Å²) in [4.78, 5) is 15.9. The fourth-order valence-electron chi connectivity index (χ4n) is 1.59. The van der Waals surface area contributed by atoms with Gasteiger partial charge < -0.3 is 10.1 Å². The molecular formula is C14H13ClN2O2. The molecule has 5 heteroatoms. The van der Waals surface area contributed by atoms with E-state index in [9.17, 15) is 4.79 Å². The zero-order chi connectivity index (χ0) is 13.7. The van der Waals surface area contributed by atoms with Crippen molar-refractivity contribution in [2.45, 2.75) is 6.61 Å². The molecule has 1 heterocycles. The first-order valence-corrected chi connectivity index (χ1v) is 6.07. The normalized spacial score (nSPS) is 10.2. The van der Waals surface area contributed by atoms with E-state index in [1.165, 1.54) is 6.20 Å². The van der Waals surface area contributed by atoms with Gasteiger partial charge in [-0.3, -0.25) is 9.78 Å². The number of nitrogens with zero attached hydrogens (tertiary/aromatic N) is 1. The van der Waals surface area contributed by atoms with E-state index < -0.39 is 0 Å². The average molecular weight is 277 g/mol. The van der Waals surface area contributed by atoms with E-state index in [1.54, 1.807) is 19.4 Å². The number of halogens is 1. The molecule has 4 nitrogen and oxygen atoms in total. The first-order valence-electron chi connectivity index (χ1n) is 5.69. The van der Waals surface area contributed by atoms with E-state index >= 15 is 0 Å². The minimum absolute atomic E-state index is 0.280. The number of rotatable bonds is 4. The second-order valence-electron chi connectivity index (χ2n) is 3.94. The Balaban J connectivity index is 2.09. The Morgan fingerprint density at radius 3 is 2.68 bits per heavy atom. The van der Waals surface area contributed by atoms with Crippen molar-refractivity contribution in [2.24, 2.45) is 0 Å². The third-order valence-electron chi connectivity index (χ3n) is 2.54. The van der Waals surface area contributed by atoms with Crippen molar-refractivity contribution in [2.75, 3.05) is 12.4 Å². The topological polar surface area (TPSA) is 51.2 Å². The van der Waals surface area contributed by atoms with Crippen molar-refractivity contribution < 1.29 is 9.53 Å². The fourth-order valence-corrected chi connectivity index (χ4v) is 1.78. The highest BCUT2D eigenvalue weighted by molar-refractivity contribution is 6.34. The van der Waals surface area contributed by atoms with Gasteiger partial charge in [0.2, 0.25) is 0 Å². The van der Waals surface area contributed by atoms with E-state index in [0.29, 0.717) is 22.9 Å². The molecule has 2 rings (SSSR count). The van der Waals surface area contributed by atoms with Crippen LogP contribution in [0, 0.1) is 0 Å². The first kappa shape index (κ1) is 13.5. The molecule has 1 aromatic heterocycles. The van der Waals surface area contributed by atoms with E-state index in [0.717, 1.165) is 5.56 Å². The second kappa shape index (κ2) is 6.31. The minimum Gasteiger partial charge on any atom is -0.380 e. The maximum absolute atomic E-state index is 12.0. The van der Waals surface area contributed by atoms with Crippen LogP contribution in [-0.4, -0.2) is 18.0 Å². The number of benzene rings is 1. The predicted octanol–water partition coefficient (Wildman–Crippen LogP) is 3.13. The zero-order valence-electron chi connectivity index (χ0n) is 10.4. The Morgan fingerprint density at radius 1 is 1.32 bits per heavy atom. The summed E-state index contributed by atoms with van der Waals surface area (Å²) in [6.07, 6.45) is 2.98. The van der Waals surface area contributed by atoms with Crippen molar-refractivity contribution in [1.82, 2.24) is 4.98 Å². The smallest absolute Gasteiger partial charge is 0.258 e. The van der Waals surface area contributed by atoms with Gasteiger partial charge in [0, 0.05) is 25.2 Å². The number of amides is 1. The second-order valence-corrected chi connectivity index (χ2v) is 4.35. The number of hydrogen-bond acceptors (Lipinski definition) is 3. The number of methoxy groups -OCH3 is 1. The van der Waals surface area contributed by atoms with Crippen LogP contribution in [0.1, 0.15) is 15.9 Å². The van der Waals surface area contributed by atoms with Gasteiger partial charge in [-0.15, -0.1) is 0 Å². The van der Waals surface area contributed by atoms with Gasteiger partial charge in [-0.1, -0.05) is 23.7 Å². The zero-order valence-corrected chi connectivity index (χ0v) is 11.1. The Hall–Kier alpha value is -1.91. The van der Waals surface area contributed by atoms with Crippen LogP contribution in [-0.2, 0) is 11.3 Å². The quantitative estimate of drug-likeness (QED) is 0.933. The number of nitrogens with one attached hydrogen (secondary N) is 1. The van der Waals surface area contributed by atoms with E-state index in [-0.39, 0.29) is 5.91 Å². The van der Waals surface area contributed by atoms with Gasteiger partial charge >= 0.3 is 0 Å². The van der Waals surface area contributed by atoms with Crippen LogP contribution in [0.2, 0.25) is 5.02 Å². The third-order valence-corrected chi connectivity index (χ3v) is 2.86. The Bertz CT molecular complexity index is 570. The summed E-state index contributed by atoms with van der Waals surface area (Å²) in [7, 11) is 1.64. The van der Waals surface area contributed by atoms with Gasteiger partial charge in [-0.25, -0.2) is 0 Å². The lowest BCUT2D eigenvalue weighted by Gasteiger charge is -2.07. The van der Waals surface area contributed by atoms with Gasteiger partial charge in [0.1, 0.15) is 0 Å². The molecule has 2 aromatic rings. The SMILES string of the molecule is COCc1ccc(NC(=O)c2cnccc2Cl)cc1. The molecule has 0 aliphatic heterocycles. The first-order chi connectivity index (χ1) is 9.20. The number of carbonyl (C=O) groups is 1. The molecule has 0 radical (unpaired) electrons. The predicted molar refractivity (Wildman–Crippen MR) is 74.4 cm³/mol. The number of aromatic nitrogens is 1. The molecule has 0 saturated carbocycles. The van der Waals surface area contributed by atoms with Crippen LogP contribution in [0.25, 0.3) is 0 Å². The summed E-state index contributed by atoms with van der Waals surface area (Å²) in [5.41, 5.74) is 2.09. The molecular weight excluding hydrogens is 264 g/mol.